The fraction of sp³-hybridized carbons (Fsp3) is 0.542. The van der Waals surface area contributed by atoms with E-state index in [4.69, 9.17) is 12.2 Å². The van der Waals surface area contributed by atoms with Crippen LogP contribution in [-0.4, -0.2) is 86.1 Å². The van der Waals surface area contributed by atoms with E-state index in [1.165, 1.54) is 26.8 Å². The first kappa shape index (κ1) is 30.7. The number of piperazine rings is 1. The smallest absolute Gasteiger partial charge is 0.376 e. The topological polar surface area (TPSA) is 98.2 Å². The molecule has 2 atom stereocenters. The van der Waals surface area contributed by atoms with Crippen LogP contribution in [0.15, 0.2) is 47.4 Å². The van der Waals surface area contributed by atoms with Gasteiger partial charge < -0.3 is 10.0 Å². The van der Waals surface area contributed by atoms with Crippen LogP contribution in [0.25, 0.3) is 0 Å². The third-order valence-electron chi connectivity index (χ3n) is 6.73. The molecule has 1 heterocycles. The van der Waals surface area contributed by atoms with Crippen molar-refractivity contribution in [1.29, 1.82) is 0 Å². The van der Waals surface area contributed by atoms with Gasteiger partial charge in [-0.15, -0.1) is 0 Å². The highest BCUT2D eigenvalue weighted by molar-refractivity contribution is 7.96. The highest BCUT2D eigenvalue weighted by Crippen LogP contribution is 2.39. The Kier molecular flexibility index (Phi) is 8.86. The fourth-order valence-corrected chi connectivity index (χ4v) is 7.79. The van der Waals surface area contributed by atoms with Crippen LogP contribution in [0, 0.1) is 0 Å². The van der Waals surface area contributed by atoms with Crippen molar-refractivity contribution < 1.29 is 35.1 Å². The Bertz CT molecular complexity index is 1320. The monoisotopic (exact) mass is 595 g/mol. The molecule has 2 aliphatic rings. The number of halogens is 3. The Labute approximate surface area is 227 Å². The highest BCUT2D eigenvalue weighted by atomic mass is 32.2. The van der Waals surface area contributed by atoms with Crippen LogP contribution < -0.4 is 4.90 Å². The predicted molar refractivity (Wildman–Crippen MR) is 145 cm³/mol. The predicted octanol–water partition coefficient (Wildman–Crippen LogP) is 3.16. The largest absolute Gasteiger partial charge is 0.421 e. The minimum atomic E-state index is -4.88. The summed E-state index contributed by atoms with van der Waals surface area (Å²) in [5, 5.41) is 10.0. The summed E-state index contributed by atoms with van der Waals surface area (Å²) in [5.74, 6) is 0. The van der Waals surface area contributed by atoms with Gasteiger partial charge in [-0.25, -0.2) is 16.8 Å². The van der Waals surface area contributed by atoms with Gasteiger partial charge in [-0.3, -0.25) is 0 Å². The third kappa shape index (κ3) is 6.31. The summed E-state index contributed by atoms with van der Waals surface area (Å²) in [6.45, 7) is 4.18. The molecule has 0 aromatic heterocycles. The SMILES string of the molecule is CC(C)N(C[C@H]1CN(S(=O)(=O)C2=CC=CCC2=S)CCN1c1ccc([C@](C)(O)C(F)(F)F)cc1)S(C)(=O)=O. The van der Waals surface area contributed by atoms with Crippen molar-refractivity contribution in [3.8, 4) is 0 Å². The van der Waals surface area contributed by atoms with Gasteiger partial charge in [0.05, 0.1) is 17.2 Å². The van der Waals surface area contributed by atoms with Crippen LogP contribution >= 0.6 is 12.2 Å². The van der Waals surface area contributed by atoms with E-state index in [0.29, 0.717) is 23.9 Å². The van der Waals surface area contributed by atoms with Crippen LogP contribution in [0.5, 0.6) is 0 Å². The Morgan fingerprint density at radius 3 is 2.24 bits per heavy atom. The molecular weight excluding hydrogens is 563 g/mol. The first-order valence-electron chi connectivity index (χ1n) is 11.9. The first-order chi connectivity index (χ1) is 17.4. The van der Waals surface area contributed by atoms with Crippen molar-refractivity contribution in [1.82, 2.24) is 8.61 Å². The van der Waals surface area contributed by atoms with Gasteiger partial charge in [-0.1, -0.05) is 36.5 Å². The molecule has 1 aliphatic heterocycles. The molecule has 0 bridgehead atoms. The van der Waals surface area contributed by atoms with E-state index in [-0.39, 0.29) is 36.6 Å². The molecule has 38 heavy (non-hydrogen) atoms. The zero-order chi connectivity index (χ0) is 28.7. The number of thiocarbonyl (C=S) groups is 1. The van der Waals surface area contributed by atoms with Gasteiger partial charge in [0.15, 0.2) is 5.60 Å². The summed E-state index contributed by atoms with van der Waals surface area (Å²) in [7, 11) is -7.61. The molecule has 0 unspecified atom stereocenters. The zero-order valence-corrected chi connectivity index (χ0v) is 24.0. The Hall–Kier alpha value is -1.84. The summed E-state index contributed by atoms with van der Waals surface area (Å²) in [4.78, 5) is 2.11. The molecule has 1 fully saturated rings. The normalized spacial score (nSPS) is 21.6. The maximum absolute atomic E-state index is 13.5. The van der Waals surface area contributed by atoms with Crippen molar-refractivity contribution in [3.63, 3.8) is 0 Å². The van der Waals surface area contributed by atoms with E-state index in [2.05, 4.69) is 0 Å². The minimum absolute atomic E-state index is 0.0322. The lowest BCUT2D eigenvalue weighted by Crippen LogP contribution is -2.59. The molecule has 0 saturated carbocycles. The van der Waals surface area contributed by atoms with Crippen molar-refractivity contribution in [2.24, 2.45) is 0 Å². The lowest BCUT2D eigenvalue weighted by atomic mass is 9.95. The van der Waals surface area contributed by atoms with Crippen LogP contribution in [0.2, 0.25) is 0 Å². The van der Waals surface area contributed by atoms with Gasteiger partial charge in [-0.2, -0.15) is 21.8 Å². The van der Waals surface area contributed by atoms with E-state index in [1.807, 2.05) is 0 Å². The van der Waals surface area contributed by atoms with Crippen LogP contribution in [0.1, 0.15) is 32.8 Å². The molecule has 3 rings (SSSR count). The average Bonchev–Trinajstić information content (AvgIpc) is 2.81. The third-order valence-corrected chi connectivity index (χ3v) is 10.6. The molecule has 1 aromatic carbocycles. The summed E-state index contributed by atoms with van der Waals surface area (Å²) >= 11 is 5.27. The number of allylic oxidation sites excluding steroid dienone is 4. The molecular formula is C24H32F3N3O5S3. The second kappa shape index (κ2) is 11.0. The molecule has 0 amide bonds. The first-order valence-corrected chi connectivity index (χ1v) is 15.6. The second-order valence-corrected chi connectivity index (χ2v) is 14.2. The van der Waals surface area contributed by atoms with Crippen LogP contribution in [0.3, 0.4) is 0 Å². The standard InChI is InChI=1S/C24H32F3N3O5S3/c1-17(2)30(37(4,32)33)16-20-15-28(38(34,35)22-8-6-5-7-21(22)36)13-14-29(20)19-11-9-18(10-12-19)23(3,31)24(25,26)27/h5-6,8-12,17,20,31H,7,13-16H2,1-4H3/t20-,23+/m1/s1. The van der Waals surface area contributed by atoms with E-state index in [9.17, 15) is 35.1 Å². The van der Waals surface area contributed by atoms with E-state index in [1.54, 1.807) is 30.9 Å². The summed E-state index contributed by atoms with van der Waals surface area (Å²) in [5.41, 5.74) is -2.93. The number of hydrogen-bond acceptors (Lipinski definition) is 7. The van der Waals surface area contributed by atoms with Gasteiger partial charge in [-0.05, 0) is 44.5 Å². The van der Waals surface area contributed by atoms with Crippen LogP contribution in [0.4, 0.5) is 18.9 Å². The maximum Gasteiger partial charge on any atom is 0.421 e. The Morgan fingerprint density at radius 1 is 1.13 bits per heavy atom. The zero-order valence-electron chi connectivity index (χ0n) is 21.5. The van der Waals surface area contributed by atoms with Crippen molar-refractivity contribution in [2.45, 2.75) is 51.1 Å². The summed E-state index contributed by atoms with van der Waals surface area (Å²) in [6, 6.07) is 4.08. The van der Waals surface area contributed by atoms with Gasteiger partial charge >= 0.3 is 6.18 Å². The van der Waals surface area contributed by atoms with Gasteiger partial charge in [0.25, 0.3) is 0 Å². The number of benzene rings is 1. The van der Waals surface area contributed by atoms with Gasteiger partial charge in [0.1, 0.15) is 0 Å². The van der Waals surface area contributed by atoms with Crippen LogP contribution in [-0.2, 0) is 25.6 Å². The number of anilines is 1. The molecule has 8 nitrogen and oxygen atoms in total. The van der Waals surface area contributed by atoms with E-state index >= 15 is 0 Å². The molecule has 1 saturated heterocycles. The average molecular weight is 596 g/mol. The lowest BCUT2D eigenvalue weighted by Gasteiger charge is -2.44. The van der Waals surface area contributed by atoms with E-state index in [0.717, 1.165) is 18.4 Å². The van der Waals surface area contributed by atoms with Crippen molar-refractivity contribution >= 4 is 42.8 Å². The molecule has 1 N–H and O–H groups in total. The lowest BCUT2D eigenvalue weighted by molar-refractivity contribution is -0.258. The van der Waals surface area contributed by atoms with Crippen molar-refractivity contribution in [3.05, 3.63) is 53.0 Å². The molecule has 1 aromatic rings. The number of hydrogen-bond donors (Lipinski definition) is 1. The molecule has 1 aliphatic carbocycles. The highest BCUT2D eigenvalue weighted by Gasteiger charge is 2.51. The number of nitrogens with zero attached hydrogens (tertiary/aromatic N) is 3. The van der Waals surface area contributed by atoms with E-state index < -0.39 is 43.9 Å². The van der Waals surface area contributed by atoms with Crippen molar-refractivity contribution in [2.75, 3.05) is 37.3 Å². The van der Waals surface area contributed by atoms with Gasteiger partial charge in [0.2, 0.25) is 20.0 Å². The molecule has 212 valence electrons. The molecule has 0 spiro atoms. The quantitative estimate of drug-likeness (QED) is 0.461. The second-order valence-electron chi connectivity index (χ2n) is 9.84. The fourth-order valence-electron chi connectivity index (χ4n) is 4.51. The van der Waals surface area contributed by atoms with Gasteiger partial charge in [0, 0.05) is 49.2 Å². The summed E-state index contributed by atoms with van der Waals surface area (Å²) < 4.78 is 94.4. The molecule has 14 heteroatoms. The number of aliphatic hydroxyl groups is 1. The number of alkyl halides is 3. The number of rotatable bonds is 8. The number of sulfonamides is 2. The maximum atomic E-state index is 13.5. The Balaban J connectivity index is 1.98. The minimum Gasteiger partial charge on any atom is -0.376 e. The Morgan fingerprint density at radius 2 is 1.74 bits per heavy atom. The summed E-state index contributed by atoms with van der Waals surface area (Å²) in [6.07, 6.45) is 1.35. The molecule has 0 radical (unpaired) electrons.